The molecule has 0 aliphatic carbocycles. The molecule has 62 heavy (non-hydrogen) atoms. The van der Waals surface area contributed by atoms with E-state index in [1.807, 2.05) is 12.1 Å². The number of rotatable bonds is 21. The standard InChI is InChI=1S/C48H50ClN5O8/c1-29-26-54(13-12-51-24-37(55)17-47(57)58)44-11-10-34(15-42(29)44)39-7-5-9-41(31(39)3)40-8-4-6-35(30(40)2)28-62-46-19-45(61-27-33-14-32(20-50)21-52-22-33)36(16-43(46)49)23-53-25-38(56)18-48(59)60/h4-11,14-16,19,21-22,26,37-38,51,53,55-56H,12-13,17-18,23-25,27-28H2,1-3H3,(H,57,58)(H,59,60)/t37-,38-/m0/s1. The number of aliphatic hydroxyl groups excluding tert-OH is 2. The number of carboxylic acids is 2. The lowest BCUT2D eigenvalue weighted by Crippen LogP contribution is -2.30. The van der Waals surface area contributed by atoms with Crippen LogP contribution in [-0.4, -0.2) is 73.8 Å². The Kier molecular flexibility index (Phi) is 15.3. The zero-order valence-corrected chi connectivity index (χ0v) is 35.6. The number of aromatic nitrogens is 2. The number of hydrogen-bond acceptors (Lipinski definition) is 10. The number of nitrogens with zero attached hydrogens (tertiary/aromatic N) is 3. The van der Waals surface area contributed by atoms with Crippen LogP contribution in [0, 0.1) is 32.1 Å². The highest BCUT2D eigenvalue weighted by Crippen LogP contribution is 2.38. The lowest BCUT2D eigenvalue weighted by molar-refractivity contribution is -0.140. The first-order chi connectivity index (χ1) is 29.8. The first kappa shape index (κ1) is 45.3. The first-order valence-electron chi connectivity index (χ1n) is 20.2. The van der Waals surface area contributed by atoms with Crippen LogP contribution >= 0.6 is 11.6 Å². The number of aryl methyl sites for hydroxylation is 1. The van der Waals surface area contributed by atoms with E-state index in [-0.39, 0.29) is 39.3 Å². The van der Waals surface area contributed by atoms with Crippen molar-refractivity contribution in [2.24, 2.45) is 0 Å². The number of nitriles is 1. The zero-order valence-electron chi connectivity index (χ0n) is 34.8. The van der Waals surface area contributed by atoms with Gasteiger partial charge in [0.1, 0.15) is 30.8 Å². The summed E-state index contributed by atoms with van der Waals surface area (Å²) in [7, 11) is 0. The third-order valence-electron chi connectivity index (χ3n) is 10.7. The van der Waals surface area contributed by atoms with Crippen LogP contribution in [0.5, 0.6) is 11.5 Å². The number of fused-ring (bicyclic) bond motifs is 1. The lowest BCUT2D eigenvalue weighted by atomic mass is 9.89. The van der Waals surface area contributed by atoms with Gasteiger partial charge in [-0.3, -0.25) is 14.6 Å². The van der Waals surface area contributed by atoms with Gasteiger partial charge in [-0.2, -0.15) is 5.26 Å². The summed E-state index contributed by atoms with van der Waals surface area (Å²) in [6.07, 6.45) is 2.51. The third-order valence-corrected chi connectivity index (χ3v) is 11.0. The Bertz CT molecular complexity index is 2600. The molecule has 0 unspecified atom stereocenters. The number of benzene rings is 4. The van der Waals surface area contributed by atoms with Crippen molar-refractivity contribution in [1.82, 2.24) is 20.2 Å². The molecule has 6 rings (SSSR count). The quantitative estimate of drug-likeness (QED) is 0.0395. The van der Waals surface area contributed by atoms with E-state index in [0.29, 0.717) is 46.3 Å². The number of ether oxygens (including phenoxy) is 2. The molecule has 0 radical (unpaired) electrons. The Morgan fingerprint density at radius 3 is 2.21 bits per heavy atom. The Labute approximate surface area is 365 Å². The number of aliphatic hydroxyl groups is 2. The topological polar surface area (TPSA) is 199 Å². The second-order valence-electron chi connectivity index (χ2n) is 15.3. The summed E-state index contributed by atoms with van der Waals surface area (Å²) in [5.74, 6) is -1.27. The van der Waals surface area contributed by atoms with E-state index in [9.17, 15) is 25.1 Å². The molecule has 14 heteroatoms. The van der Waals surface area contributed by atoms with Gasteiger partial charge < -0.3 is 45.1 Å². The number of aliphatic carboxylic acids is 2. The van der Waals surface area contributed by atoms with Crippen molar-refractivity contribution in [2.75, 3.05) is 19.6 Å². The molecule has 0 aliphatic heterocycles. The predicted octanol–water partition coefficient (Wildman–Crippen LogP) is 7.33. The summed E-state index contributed by atoms with van der Waals surface area (Å²) in [4.78, 5) is 26.0. The number of halogens is 1. The molecule has 6 N–H and O–H groups in total. The maximum absolute atomic E-state index is 11.0. The van der Waals surface area contributed by atoms with Gasteiger partial charge in [0, 0.05) is 79.4 Å². The molecule has 6 aromatic rings. The molecule has 2 atom stereocenters. The maximum atomic E-state index is 11.0. The first-order valence-corrected chi connectivity index (χ1v) is 20.6. The molecule has 322 valence electrons. The molecule has 13 nitrogen and oxygen atoms in total. The summed E-state index contributed by atoms with van der Waals surface area (Å²) in [6, 6.07) is 26.2. The molecule has 2 heterocycles. The van der Waals surface area contributed by atoms with Gasteiger partial charge in [0.25, 0.3) is 0 Å². The Balaban J connectivity index is 1.19. The van der Waals surface area contributed by atoms with E-state index in [4.69, 9.17) is 31.3 Å². The van der Waals surface area contributed by atoms with E-state index in [2.05, 4.69) is 95.7 Å². The van der Waals surface area contributed by atoms with E-state index in [1.165, 1.54) is 6.20 Å². The van der Waals surface area contributed by atoms with Gasteiger partial charge in [-0.05, 0) is 89.5 Å². The van der Waals surface area contributed by atoms with Crippen molar-refractivity contribution in [2.45, 2.75) is 72.1 Å². The highest BCUT2D eigenvalue weighted by atomic mass is 35.5. The second kappa shape index (κ2) is 21.0. The summed E-state index contributed by atoms with van der Waals surface area (Å²) in [6.45, 7) is 8.37. The minimum Gasteiger partial charge on any atom is -0.488 e. The number of nitrogens with one attached hydrogen (secondary N) is 2. The van der Waals surface area contributed by atoms with Crippen LogP contribution in [0.15, 0.2) is 91.4 Å². The highest BCUT2D eigenvalue weighted by Gasteiger charge is 2.17. The molecule has 0 saturated heterocycles. The molecular formula is C48H50ClN5O8. The van der Waals surface area contributed by atoms with Crippen LogP contribution in [0.25, 0.3) is 33.2 Å². The van der Waals surface area contributed by atoms with Crippen LogP contribution in [0.2, 0.25) is 5.02 Å². The van der Waals surface area contributed by atoms with Gasteiger partial charge in [-0.15, -0.1) is 0 Å². The van der Waals surface area contributed by atoms with Crippen LogP contribution in [0.1, 0.15) is 51.8 Å². The van der Waals surface area contributed by atoms with Crippen molar-refractivity contribution in [3.8, 4) is 39.8 Å². The average Bonchev–Trinajstić information content (AvgIpc) is 3.55. The van der Waals surface area contributed by atoms with Gasteiger partial charge in [-0.1, -0.05) is 54.1 Å². The van der Waals surface area contributed by atoms with Gasteiger partial charge in [0.15, 0.2) is 0 Å². The molecule has 0 saturated carbocycles. The van der Waals surface area contributed by atoms with Crippen LogP contribution in [-0.2, 0) is 35.9 Å². The molecule has 0 aliphatic rings. The number of pyridine rings is 1. The second-order valence-corrected chi connectivity index (χ2v) is 15.7. The monoisotopic (exact) mass is 859 g/mol. The molecule has 0 bridgehead atoms. The summed E-state index contributed by atoms with van der Waals surface area (Å²) in [5.41, 5.74) is 11.5. The van der Waals surface area contributed by atoms with E-state index < -0.39 is 30.6 Å². The minimum atomic E-state index is -1.10. The molecule has 0 amide bonds. The van der Waals surface area contributed by atoms with Crippen molar-refractivity contribution in [3.63, 3.8) is 0 Å². The Hall–Kier alpha value is -6.27. The third kappa shape index (κ3) is 11.6. The fraction of sp³-hybridized carbons (Fsp3) is 0.292. The SMILES string of the molecule is Cc1c(COc2cc(OCc3cncc(C#N)c3)c(CNC[C@@H](O)CC(=O)O)cc2Cl)cccc1-c1cccc(-c2ccc3c(c2)c(C)cn3CCNC[C@@H](O)CC(=O)O)c1C. The fourth-order valence-corrected chi connectivity index (χ4v) is 7.73. The summed E-state index contributed by atoms with van der Waals surface area (Å²) >= 11 is 6.79. The molecular weight excluding hydrogens is 810 g/mol. The number of hydrogen-bond donors (Lipinski definition) is 6. The fourth-order valence-electron chi connectivity index (χ4n) is 7.49. The van der Waals surface area contributed by atoms with Crippen LogP contribution in [0.3, 0.4) is 0 Å². The zero-order chi connectivity index (χ0) is 44.3. The molecule has 0 spiro atoms. The van der Waals surface area contributed by atoms with Gasteiger partial charge in [0.2, 0.25) is 0 Å². The lowest BCUT2D eigenvalue weighted by Gasteiger charge is -2.18. The van der Waals surface area contributed by atoms with E-state index in [0.717, 1.165) is 55.4 Å². The van der Waals surface area contributed by atoms with Crippen molar-refractivity contribution in [3.05, 3.63) is 135 Å². The minimum absolute atomic E-state index is 0.0450. The van der Waals surface area contributed by atoms with E-state index in [1.54, 1.807) is 24.4 Å². The van der Waals surface area contributed by atoms with Crippen LogP contribution < -0.4 is 20.1 Å². The van der Waals surface area contributed by atoms with Crippen molar-refractivity contribution < 1.29 is 39.5 Å². The van der Waals surface area contributed by atoms with Gasteiger partial charge >= 0.3 is 11.9 Å². The number of carbonyl (C=O) groups is 2. The van der Waals surface area contributed by atoms with Crippen molar-refractivity contribution >= 4 is 34.4 Å². The number of carboxylic acid groups (broad SMARTS) is 2. The summed E-state index contributed by atoms with van der Waals surface area (Å²) < 4.78 is 14.7. The van der Waals surface area contributed by atoms with E-state index >= 15 is 0 Å². The van der Waals surface area contributed by atoms with Gasteiger partial charge in [0.05, 0.1) is 35.6 Å². The Morgan fingerprint density at radius 1 is 0.806 bits per heavy atom. The highest BCUT2D eigenvalue weighted by molar-refractivity contribution is 6.32. The normalized spacial score (nSPS) is 12.2. The Morgan fingerprint density at radius 2 is 1.48 bits per heavy atom. The van der Waals surface area contributed by atoms with Gasteiger partial charge in [-0.25, -0.2) is 0 Å². The smallest absolute Gasteiger partial charge is 0.306 e. The van der Waals surface area contributed by atoms with Crippen LogP contribution in [0.4, 0.5) is 0 Å². The largest absolute Gasteiger partial charge is 0.488 e. The van der Waals surface area contributed by atoms with Crippen molar-refractivity contribution in [1.29, 1.82) is 5.26 Å². The molecule has 2 aromatic heterocycles. The maximum Gasteiger partial charge on any atom is 0.306 e. The molecule has 4 aromatic carbocycles. The summed E-state index contributed by atoms with van der Waals surface area (Å²) in [5, 5.41) is 54.9. The predicted molar refractivity (Wildman–Crippen MR) is 237 cm³/mol. The molecule has 0 fully saturated rings. The average molecular weight is 860 g/mol.